The molecule has 1 aromatic carbocycles. The van der Waals surface area contributed by atoms with E-state index in [1.165, 1.54) is 16.2 Å². The molecule has 1 aliphatic rings. The van der Waals surface area contributed by atoms with Crippen LogP contribution in [-0.4, -0.2) is 131 Å². The van der Waals surface area contributed by atoms with Crippen molar-refractivity contribution in [1.29, 1.82) is 0 Å². The number of rotatable bonds is 21. The number of benzene rings is 1. The van der Waals surface area contributed by atoms with Crippen molar-refractivity contribution in [3.05, 3.63) is 41.0 Å². The Morgan fingerprint density at radius 2 is 1.65 bits per heavy atom. The van der Waals surface area contributed by atoms with Gasteiger partial charge in [-0.25, -0.2) is 18.2 Å². The highest BCUT2D eigenvalue weighted by atomic mass is 33.1. The van der Waals surface area contributed by atoms with Gasteiger partial charge in [-0.1, -0.05) is 45.0 Å². The first kappa shape index (κ1) is 46.1. The van der Waals surface area contributed by atoms with Gasteiger partial charge in [0.2, 0.25) is 17.7 Å². The number of nitrogens with zero attached hydrogens (tertiary/aromatic N) is 2. The highest BCUT2D eigenvalue weighted by Gasteiger charge is 2.46. The van der Waals surface area contributed by atoms with Gasteiger partial charge in [-0.15, -0.1) is 11.3 Å². The fourth-order valence-corrected chi connectivity index (χ4v) is 9.92. The number of thiazole rings is 1. The third kappa shape index (κ3) is 16.0. The van der Waals surface area contributed by atoms with Crippen LogP contribution < -0.4 is 16.4 Å². The van der Waals surface area contributed by atoms with Gasteiger partial charge < -0.3 is 45.0 Å². The summed E-state index contributed by atoms with van der Waals surface area (Å²) in [5.74, 6) is -1.56. The molecule has 0 spiro atoms. The molecule has 1 aromatic heterocycles. The number of carbonyl (C=O) groups is 4. The van der Waals surface area contributed by atoms with Gasteiger partial charge in [0.05, 0.1) is 60.4 Å². The van der Waals surface area contributed by atoms with E-state index in [1.54, 1.807) is 40.1 Å². The SMILES string of the molecule is Cc1ncsc1-c1ccc(CNC(=O)[C@@H]2C[C@@H](OC(=O)OCC(C)(C)SS(C)(=O)=O)CN2C(=O)[C@@H](NC(=O)COCCOCCOCCN)C(C)(C)C)cc1. The van der Waals surface area contributed by atoms with Crippen LogP contribution in [0.2, 0.25) is 0 Å². The Labute approximate surface area is 331 Å². The number of hydrogen-bond acceptors (Lipinski definition) is 15. The van der Waals surface area contributed by atoms with Gasteiger partial charge in [0.1, 0.15) is 31.4 Å². The quantitative estimate of drug-likeness (QED) is 0.0938. The molecular formula is C36H55N5O11S3. The molecule has 0 unspecified atom stereocenters. The van der Waals surface area contributed by atoms with Crippen molar-refractivity contribution < 1.29 is 51.3 Å². The van der Waals surface area contributed by atoms with E-state index >= 15 is 0 Å². The number of aryl methyl sites for hydroxylation is 1. The zero-order valence-corrected chi connectivity index (χ0v) is 35.0. The lowest BCUT2D eigenvalue weighted by atomic mass is 9.85. The third-order valence-electron chi connectivity index (χ3n) is 8.11. The summed E-state index contributed by atoms with van der Waals surface area (Å²) in [6.07, 6.45) is -0.976. The topological polar surface area (TPSA) is 215 Å². The molecule has 19 heteroatoms. The number of amides is 3. The highest BCUT2D eigenvalue weighted by Crippen LogP contribution is 2.31. The first-order valence-electron chi connectivity index (χ1n) is 17.8. The molecule has 0 bridgehead atoms. The Morgan fingerprint density at radius 1 is 1.02 bits per heavy atom. The minimum Gasteiger partial charge on any atom is -0.433 e. The summed E-state index contributed by atoms with van der Waals surface area (Å²) in [7, 11) is -2.77. The molecule has 1 aliphatic heterocycles. The van der Waals surface area contributed by atoms with E-state index in [2.05, 4.69) is 15.6 Å². The van der Waals surface area contributed by atoms with E-state index < -0.39 is 61.1 Å². The standard InChI is InChI=1S/C36H55N5O11S3/c1-24-30(53-23-39-24)26-10-8-25(9-11-26)19-38-32(43)28-18-27(52-34(45)51-22-36(5,6)54-55(7,46)47)20-41(28)33(44)31(35(2,3)4)40-29(42)21-50-17-16-49-15-14-48-13-12-37/h8-11,23,27-28,31H,12-22,37H2,1-7H3,(H,38,43)(H,40,42)/t27-,28+,31-/m1/s1. The molecule has 2 aromatic rings. The monoisotopic (exact) mass is 829 g/mol. The van der Waals surface area contributed by atoms with Crippen molar-refractivity contribution in [2.45, 2.75) is 77.4 Å². The summed E-state index contributed by atoms with van der Waals surface area (Å²) in [6, 6.07) is 5.57. The van der Waals surface area contributed by atoms with Gasteiger partial charge in [0, 0.05) is 25.8 Å². The van der Waals surface area contributed by atoms with Crippen LogP contribution in [0.25, 0.3) is 10.4 Å². The predicted molar refractivity (Wildman–Crippen MR) is 210 cm³/mol. The number of hydrogen-bond donors (Lipinski definition) is 3. The molecule has 4 N–H and O–H groups in total. The van der Waals surface area contributed by atoms with Crippen molar-refractivity contribution >= 4 is 54.9 Å². The van der Waals surface area contributed by atoms with Gasteiger partial charge in [0.25, 0.3) is 0 Å². The van der Waals surface area contributed by atoms with Crippen LogP contribution in [0.1, 0.15) is 52.3 Å². The van der Waals surface area contributed by atoms with Crippen LogP contribution in [0, 0.1) is 12.3 Å². The van der Waals surface area contributed by atoms with Crippen molar-refractivity contribution in [2.24, 2.45) is 11.1 Å². The van der Waals surface area contributed by atoms with E-state index in [0.29, 0.717) is 37.2 Å². The number of aromatic nitrogens is 1. The second-order valence-electron chi connectivity index (χ2n) is 14.7. The van der Waals surface area contributed by atoms with Crippen LogP contribution in [-0.2, 0) is 53.5 Å². The lowest BCUT2D eigenvalue weighted by Crippen LogP contribution is -2.58. The van der Waals surface area contributed by atoms with Crippen LogP contribution in [0.4, 0.5) is 4.79 Å². The average molecular weight is 830 g/mol. The van der Waals surface area contributed by atoms with Crippen molar-refractivity contribution in [2.75, 3.05) is 65.6 Å². The minimum atomic E-state index is -3.42. The van der Waals surface area contributed by atoms with Crippen LogP contribution in [0.5, 0.6) is 0 Å². The largest absolute Gasteiger partial charge is 0.508 e. The lowest BCUT2D eigenvalue weighted by molar-refractivity contribution is -0.144. The Balaban J connectivity index is 1.69. The van der Waals surface area contributed by atoms with E-state index in [1.807, 2.05) is 31.2 Å². The molecule has 55 heavy (non-hydrogen) atoms. The molecule has 1 fully saturated rings. The first-order chi connectivity index (χ1) is 25.8. The van der Waals surface area contributed by atoms with Crippen LogP contribution >= 0.6 is 22.1 Å². The number of likely N-dealkylation sites (tertiary alicyclic amines) is 1. The Kier molecular flexibility index (Phi) is 17.8. The van der Waals surface area contributed by atoms with Crippen molar-refractivity contribution in [3.63, 3.8) is 0 Å². The second kappa shape index (κ2) is 21.3. The van der Waals surface area contributed by atoms with Gasteiger partial charge in [-0.3, -0.25) is 14.4 Å². The molecule has 0 saturated carbocycles. The predicted octanol–water partition coefficient (Wildman–Crippen LogP) is 2.87. The van der Waals surface area contributed by atoms with Gasteiger partial charge in [0.15, 0.2) is 8.87 Å². The molecular weight excluding hydrogens is 775 g/mol. The van der Waals surface area contributed by atoms with Crippen LogP contribution in [0.3, 0.4) is 0 Å². The summed E-state index contributed by atoms with van der Waals surface area (Å²) in [5, 5.41) is 5.66. The van der Waals surface area contributed by atoms with E-state index in [-0.39, 0.29) is 45.9 Å². The zero-order valence-electron chi connectivity index (χ0n) is 32.6. The molecule has 0 aliphatic carbocycles. The molecule has 3 rings (SSSR count). The Morgan fingerprint density at radius 3 is 2.24 bits per heavy atom. The average Bonchev–Trinajstić information content (AvgIpc) is 3.72. The number of nitrogens with one attached hydrogen (secondary N) is 2. The van der Waals surface area contributed by atoms with Crippen molar-refractivity contribution in [1.82, 2.24) is 20.5 Å². The first-order valence-corrected chi connectivity index (χ1v) is 21.9. The third-order valence-corrected chi connectivity index (χ3v) is 12.2. The maximum absolute atomic E-state index is 14.3. The highest BCUT2D eigenvalue weighted by molar-refractivity contribution is 8.72. The maximum atomic E-state index is 14.3. The van der Waals surface area contributed by atoms with Crippen LogP contribution in [0.15, 0.2) is 29.8 Å². The Hall–Kier alpha value is -3.33. The summed E-state index contributed by atoms with van der Waals surface area (Å²) in [5.41, 5.74) is 9.13. The summed E-state index contributed by atoms with van der Waals surface area (Å²) in [4.78, 5) is 60.4. The molecule has 16 nitrogen and oxygen atoms in total. The molecule has 0 radical (unpaired) electrons. The summed E-state index contributed by atoms with van der Waals surface area (Å²) < 4.78 is 49.5. The normalized spacial score (nSPS) is 16.8. The van der Waals surface area contributed by atoms with Gasteiger partial charge >= 0.3 is 6.16 Å². The van der Waals surface area contributed by atoms with E-state index in [9.17, 15) is 27.6 Å². The summed E-state index contributed by atoms with van der Waals surface area (Å²) >= 11 is 1.54. The molecule has 3 amide bonds. The smallest absolute Gasteiger partial charge is 0.433 e. The Bertz CT molecular complexity index is 1680. The molecule has 2 heterocycles. The fourth-order valence-electron chi connectivity index (χ4n) is 5.58. The zero-order chi connectivity index (χ0) is 40.8. The maximum Gasteiger partial charge on any atom is 0.508 e. The van der Waals surface area contributed by atoms with E-state index in [0.717, 1.165) is 28.0 Å². The number of carbonyl (C=O) groups excluding carboxylic acids is 4. The van der Waals surface area contributed by atoms with Crippen molar-refractivity contribution in [3.8, 4) is 10.4 Å². The summed E-state index contributed by atoms with van der Waals surface area (Å²) in [6.45, 7) is 11.9. The molecule has 308 valence electrons. The number of ether oxygens (including phenoxy) is 5. The molecule has 1 saturated heterocycles. The minimum absolute atomic E-state index is 0.0388. The number of nitrogens with two attached hydrogens (primary N) is 1. The lowest BCUT2D eigenvalue weighted by Gasteiger charge is -2.35. The fraction of sp³-hybridized carbons (Fsp3) is 0.639. The van der Waals surface area contributed by atoms with Gasteiger partial charge in [-0.2, -0.15) is 0 Å². The van der Waals surface area contributed by atoms with E-state index in [4.69, 9.17) is 29.4 Å². The second-order valence-corrected chi connectivity index (χ2v) is 20.5. The molecule has 3 atom stereocenters. The van der Waals surface area contributed by atoms with Gasteiger partial charge in [-0.05, 0) is 48.1 Å².